The highest BCUT2D eigenvalue weighted by molar-refractivity contribution is 6.30. The number of aliphatic hydroxyl groups is 1. The second-order valence-corrected chi connectivity index (χ2v) is 11.7. The molecule has 1 aromatic carbocycles. The minimum atomic E-state index is -4.60. The first-order chi connectivity index (χ1) is 16.8. The highest BCUT2D eigenvalue weighted by Gasteiger charge is 2.52. The number of alkyl carbamates (subject to hydrolysis) is 1. The van der Waals surface area contributed by atoms with Crippen LogP contribution in [0.4, 0.5) is 18.0 Å². The van der Waals surface area contributed by atoms with Crippen molar-refractivity contribution in [3.63, 3.8) is 0 Å². The standard InChI is InChI=1S/C25H35ClF3N3O5/c1-23(2,3)19(33)21(35)32-13-16(25(27,28)29)10-18(32)20(34)30-12-15-9-17(26)8-7-14(15)11-31-22(36)37-24(4,5)6/h7-9,16,18-19,33H,10-13H2,1-6H3,(H,30,34)(H,31,36). The second kappa shape index (κ2) is 11.5. The van der Waals surface area contributed by atoms with Crippen LogP contribution in [0.15, 0.2) is 18.2 Å². The Hall–Kier alpha value is -2.53. The van der Waals surface area contributed by atoms with Crippen LogP contribution in [-0.4, -0.2) is 58.4 Å². The summed E-state index contributed by atoms with van der Waals surface area (Å²) in [6.07, 6.45) is -7.43. The number of ether oxygens (including phenoxy) is 1. The molecule has 3 amide bonds. The maximum atomic E-state index is 13.5. The lowest BCUT2D eigenvalue weighted by molar-refractivity contribution is -0.172. The highest BCUT2D eigenvalue weighted by Crippen LogP contribution is 2.38. The van der Waals surface area contributed by atoms with Gasteiger partial charge in [0.05, 0.1) is 5.92 Å². The Labute approximate surface area is 219 Å². The summed E-state index contributed by atoms with van der Waals surface area (Å²) in [6, 6.07) is 3.40. The molecule has 0 aromatic heterocycles. The maximum Gasteiger partial charge on any atom is 0.407 e. The van der Waals surface area contributed by atoms with E-state index in [1.165, 1.54) is 0 Å². The van der Waals surface area contributed by atoms with Gasteiger partial charge in [-0.3, -0.25) is 9.59 Å². The van der Waals surface area contributed by atoms with Gasteiger partial charge in [0, 0.05) is 24.7 Å². The molecule has 12 heteroatoms. The van der Waals surface area contributed by atoms with Crippen molar-refractivity contribution in [2.75, 3.05) is 6.54 Å². The van der Waals surface area contributed by atoms with Gasteiger partial charge < -0.3 is 25.4 Å². The number of alkyl halides is 3. The molecule has 0 aliphatic carbocycles. The van der Waals surface area contributed by atoms with Crippen LogP contribution in [0.3, 0.4) is 0 Å². The fourth-order valence-electron chi connectivity index (χ4n) is 3.81. The lowest BCUT2D eigenvalue weighted by Gasteiger charge is -2.31. The second-order valence-electron chi connectivity index (χ2n) is 11.2. The number of likely N-dealkylation sites (tertiary alicyclic amines) is 1. The zero-order chi connectivity index (χ0) is 28.3. The number of rotatable bonds is 6. The Balaban J connectivity index is 2.17. The van der Waals surface area contributed by atoms with Gasteiger partial charge in [-0.15, -0.1) is 0 Å². The molecule has 0 spiro atoms. The van der Waals surface area contributed by atoms with Crippen LogP contribution in [0.25, 0.3) is 0 Å². The van der Waals surface area contributed by atoms with E-state index >= 15 is 0 Å². The minimum Gasteiger partial charge on any atom is -0.444 e. The van der Waals surface area contributed by atoms with Gasteiger partial charge in [-0.1, -0.05) is 38.4 Å². The van der Waals surface area contributed by atoms with Crippen LogP contribution >= 0.6 is 11.6 Å². The van der Waals surface area contributed by atoms with E-state index in [4.69, 9.17) is 16.3 Å². The van der Waals surface area contributed by atoms with Crippen molar-refractivity contribution in [3.05, 3.63) is 34.3 Å². The molecule has 0 saturated carbocycles. The van der Waals surface area contributed by atoms with Gasteiger partial charge in [-0.2, -0.15) is 13.2 Å². The third kappa shape index (κ3) is 8.77. The summed E-state index contributed by atoms with van der Waals surface area (Å²) in [5, 5.41) is 15.9. The number of hydrogen-bond donors (Lipinski definition) is 3. The molecule has 37 heavy (non-hydrogen) atoms. The molecule has 1 saturated heterocycles. The van der Waals surface area contributed by atoms with E-state index in [-0.39, 0.29) is 13.1 Å². The SMILES string of the molecule is CC(C)(C)OC(=O)NCc1ccc(Cl)cc1CNC(=O)C1CC(C(F)(F)F)CN1C(=O)C(O)C(C)(C)C. The summed E-state index contributed by atoms with van der Waals surface area (Å²) in [5.41, 5.74) is -0.493. The molecule has 2 rings (SSSR count). The van der Waals surface area contributed by atoms with Gasteiger partial charge in [0.15, 0.2) is 0 Å². The van der Waals surface area contributed by atoms with E-state index in [2.05, 4.69) is 10.6 Å². The topological polar surface area (TPSA) is 108 Å². The van der Waals surface area contributed by atoms with E-state index in [1.54, 1.807) is 59.7 Å². The zero-order valence-electron chi connectivity index (χ0n) is 21.8. The first-order valence-electron chi connectivity index (χ1n) is 11.9. The highest BCUT2D eigenvalue weighted by atomic mass is 35.5. The van der Waals surface area contributed by atoms with Gasteiger partial charge in [0.1, 0.15) is 17.7 Å². The summed E-state index contributed by atoms with van der Waals surface area (Å²) < 4.78 is 45.6. The number of halogens is 4. The third-order valence-corrected chi connectivity index (χ3v) is 6.08. The number of hydrogen-bond acceptors (Lipinski definition) is 5. The molecule has 3 atom stereocenters. The fraction of sp³-hybridized carbons (Fsp3) is 0.640. The number of carbonyl (C=O) groups excluding carboxylic acids is 3. The molecule has 1 fully saturated rings. The number of nitrogens with one attached hydrogen (secondary N) is 2. The van der Waals surface area contributed by atoms with Crippen molar-refractivity contribution in [3.8, 4) is 0 Å². The maximum absolute atomic E-state index is 13.5. The molecule has 3 unspecified atom stereocenters. The Morgan fingerprint density at radius 3 is 2.22 bits per heavy atom. The smallest absolute Gasteiger partial charge is 0.407 e. The van der Waals surface area contributed by atoms with Crippen LogP contribution in [0.1, 0.15) is 59.1 Å². The van der Waals surface area contributed by atoms with Crippen molar-refractivity contribution in [2.24, 2.45) is 11.3 Å². The molecule has 0 bridgehead atoms. The number of amides is 3. The van der Waals surface area contributed by atoms with Crippen molar-refractivity contribution in [1.29, 1.82) is 0 Å². The fourth-order valence-corrected chi connectivity index (χ4v) is 4.00. The lowest BCUT2D eigenvalue weighted by Crippen LogP contribution is -2.51. The first kappa shape index (κ1) is 30.7. The quantitative estimate of drug-likeness (QED) is 0.494. The van der Waals surface area contributed by atoms with Gasteiger partial charge in [0.2, 0.25) is 5.91 Å². The van der Waals surface area contributed by atoms with Crippen molar-refractivity contribution >= 4 is 29.5 Å². The molecule has 208 valence electrons. The lowest BCUT2D eigenvalue weighted by atomic mass is 9.88. The number of benzene rings is 1. The van der Waals surface area contributed by atoms with Crippen molar-refractivity contribution in [2.45, 2.75) is 85.0 Å². The van der Waals surface area contributed by atoms with Crippen molar-refractivity contribution in [1.82, 2.24) is 15.5 Å². The van der Waals surface area contributed by atoms with Gasteiger partial charge in [0.25, 0.3) is 5.91 Å². The van der Waals surface area contributed by atoms with Gasteiger partial charge in [-0.25, -0.2) is 4.79 Å². The van der Waals surface area contributed by atoms with Crippen LogP contribution in [-0.2, 0) is 27.4 Å². The predicted molar refractivity (Wildman–Crippen MR) is 131 cm³/mol. The molecule has 0 radical (unpaired) electrons. The van der Waals surface area contributed by atoms with Crippen molar-refractivity contribution < 1.29 is 37.4 Å². The minimum absolute atomic E-state index is 0.0548. The number of nitrogens with zero attached hydrogens (tertiary/aromatic N) is 1. The van der Waals surface area contributed by atoms with Crippen LogP contribution < -0.4 is 10.6 Å². The largest absolute Gasteiger partial charge is 0.444 e. The molecule has 3 N–H and O–H groups in total. The molecule has 1 aliphatic heterocycles. The number of aliphatic hydroxyl groups excluding tert-OH is 1. The van der Waals surface area contributed by atoms with Crippen LogP contribution in [0.2, 0.25) is 5.02 Å². The van der Waals surface area contributed by atoms with Crippen LogP contribution in [0, 0.1) is 11.3 Å². The normalized spacial score (nSPS) is 19.4. The average molecular weight is 550 g/mol. The Bertz CT molecular complexity index is 1000. The predicted octanol–water partition coefficient (Wildman–Crippen LogP) is 4.17. The molecule has 8 nitrogen and oxygen atoms in total. The van der Waals surface area contributed by atoms with Gasteiger partial charge >= 0.3 is 12.3 Å². The van der Waals surface area contributed by atoms with E-state index in [9.17, 15) is 32.7 Å². The van der Waals surface area contributed by atoms with Crippen LogP contribution in [0.5, 0.6) is 0 Å². The molecular formula is C25H35ClF3N3O5. The summed E-state index contributed by atoms with van der Waals surface area (Å²) >= 11 is 6.09. The third-order valence-electron chi connectivity index (χ3n) is 5.85. The summed E-state index contributed by atoms with van der Waals surface area (Å²) in [4.78, 5) is 38.7. The molecule has 1 aliphatic rings. The molecule has 1 aromatic rings. The Morgan fingerprint density at radius 2 is 1.68 bits per heavy atom. The monoisotopic (exact) mass is 549 g/mol. The zero-order valence-corrected chi connectivity index (χ0v) is 22.6. The van der Waals surface area contributed by atoms with E-state index in [1.807, 2.05) is 0 Å². The Morgan fingerprint density at radius 1 is 1.08 bits per heavy atom. The summed E-state index contributed by atoms with van der Waals surface area (Å²) in [6.45, 7) is 9.12. The molecular weight excluding hydrogens is 515 g/mol. The average Bonchev–Trinajstić information content (AvgIpc) is 3.20. The number of carbonyl (C=O) groups is 3. The van der Waals surface area contributed by atoms with E-state index in [0.29, 0.717) is 16.1 Å². The summed E-state index contributed by atoms with van der Waals surface area (Å²) in [7, 11) is 0. The first-order valence-corrected chi connectivity index (χ1v) is 12.2. The van der Waals surface area contributed by atoms with E-state index in [0.717, 1.165) is 4.90 Å². The summed E-state index contributed by atoms with van der Waals surface area (Å²) in [5.74, 6) is -3.60. The van der Waals surface area contributed by atoms with E-state index < -0.39 is 66.1 Å². The molecule has 1 heterocycles. The van der Waals surface area contributed by atoms with Gasteiger partial charge in [-0.05, 0) is 55.9 Å². The Kier molecular flexibility index (Phi) is 9.51.